The van der Waals surface area contributed by atoms with Crippen LogP contribution in [-0.2, 0) is 29.2 Å². The van der Waals surface area contributed by atoms with E-state index in [1.165, 1.54) is 0 Å². The molecule has 0 spiro atoms. The normalized spacial score (nSPS) is 18.6. The van der Waals surface area contributed by atoms with E-state index < -0.39 is 6.04 Å². The van der Waals surface area contributed by atoms with Crippen molar-refractivity contribution in [2.45, 2.75) is 38.5 Å². The summed E-state index contributed by atoms with van der Waals surface area (Å²) in [6.07, 6.45) is 0.634. The molecule has 1 unspecified atom stereocenters. The zero-order valence-electron chi connectivity index (χ0n) is 16.3. The van der Waals surface area contributed by atoms with E-state index in [-0.39, 0.29) is 24.1 Å². The number of imide groups is 1. The van der Waals surface area contributed by atoms with Crippen LogP contribution in [0, 0.1) is 0 Å². The molecule has 2 aromatic rings. The van der Waals surface area contributed by atoms with Crippen LogP contribution in [0.4, 0.5) is 5.69 Å². The number of amides is 3. The van der Waals surface area contributed by atoms with Gasteiger partial charge in [-0.2, -0.15) is 0 Å². The highest BCUT2D eigenvalue weighted by Gasteiger charge is 2.39. The van der Waals surface area contributed by atoms with Crippen LogP contribution in [0.15, 0.2) is 42.5 Å². The lowest BCUT2D eigenvalue weighted by Crippen LogP contribution is -2.52. The summed E-state index contributed by atoms with van der Waals surface area (Å²) in [5.41, 5.74) is 4.74. The highest BCUT2D eigenvalue weighted by atomic mass is 16.2. The second kappa shape index (κ2) is 8.05. The van der Waals surface area contributed by atoms with Crippen LogP contribution in [-0.4, -0.2) is 35.7 Å². The van der Waals surface area contributed by atoms with Crippen LogP contribution in [0.5, 0.6) is 0 Å². The zero-order chi connectivity index (χ0) is 20.4. The molecule has 0 bridgehead atoms. The van der Waals surface area contributed by atoms with Crippen LogP contribution in [0.25, 0.3) is 0 Å². The molecule has 150 valence electrons. The summed E-state index contributed by atoms with van der Waals surface area (Å²) in [5.74, 6) is -0.796. The predicted octanol–water partition coefficient (Wildman–Crippen LogP) is 1.78. The number of fused-ring (bicyclic) bond motifs is 1. The fourth-order valence-electron chi connectivity index (χ4n) is 4.09. The van der Waals surface area contributed by atoms with E-state index in [4.69, 9.17) is 0 Å². The lowest BCUT2D eigenvalue weighted by Gasteiger charge is -2.29. The van der Waals surface area contributed by atoms with Gasteiger partial charge in [-0.3, -0.25) is 19.7 Å². The Balaban J connectivity index is 1.47. The molecular formula is C22H24N4O3. The largest absolute Gasteiger partial charge is 0.388 e. The molecule has 2 aromatic carbocycles. The van der Waals surface area contributed by atoms with Crippen LogP contribution in [0.2, 0.25) is 0 Å². The van der Waals surface area contributed by atoms with Crippen LogP contribution < -0.4 is 16.0 Å². The standard InChI is InChI=1S/C22H24N4O3/c1-23-17-8-3-2-5-14(17)11-24-12-15-6-4-7-16-13-26(22(29)20(15)16)18-9-10-19(27)25-21(18)28/h2-8,18,23-24H,9-13H2,1H3,(H,25,27,28). The number of nitrogens with one attached hydrogen (secondary N) is 3. The zero-order valence-corrected chi connectivity index (χ0v) is 16.3. The fraction of sp³-hybridized carbons (Fsp3) is 0.318. The average Bonchev–Trinajstić information content (AvgIpc) is 3.05. The number of nitrogens with zero attached hydrogens (tertiary/aromatic N) is 1. The van der Waals surface area contributed by atoms with E-state index in [0.29, 0.717) is 31.6 Å². The minimum Gasteiger partial charge on any atom is -0.388 e. The number of rotatable bonds is 6. The van der Waals surface area contributed by atoms with Gasteiger partial charge < -0.3 is 15.5 Å². The number of benzene rings is 2. The molecule has 1 atom stereocenters. The van der Waals surface area contributed by atoms with Gasteiger partial charge in [-0.1, -0.05) is 36.4 Å². The van der Waals surface area contributed by atoms with Crippen LogP contribution in [0.3, 0.4) is 0 Å². The number of hydrogen-bond acceptors (Lipinski definition) is 5. The molecule has 7 heteroatoms. The number of hydrogen-bond donors (Lipinski definition) is 3. The lowest BCUT2D eigenvalue weighted by molar-refractivity contribution is -0.136. The third kappa shape index (κ3) is 3.73. The van der Waals surface area contributed by atoms with Gasteiger partial charge in [-0.05, 0) is 29.2 Å². The molecule has 7 nitrogen and oxygen atoms in total. The maximum atomic E-state index is 13.1. The topological polar surface area (TPSA) is 90.5 Å². The first-order valence-electron chi connectivity index (χ1n) is 9.80. The van der Waals surface area contributed by atoms with Crippen molar-refractivity contribution < 1.29 is 14.4 Å². The molecule has 2 aliphatic heterocycles. The predicted molar refractivity (Wildman–Crippen MR) is 109 cm³/mol. The molecule has 0 aliphatic carbocycles. The summed E-state index contributed by atoms with van der Waals surface area (Å²) in [5, 5.41) is 8.94. The van der Waals surface area contributed by atoms with Crippen LogP contribution >= 0.6 is 0 Å². The molecule has 4 rings (SSSR count). The van der Waals surface area contributed by atoms with Gasteiger partial charge in [0.15, 0.2) is 0 Å². The average molecular weight is 392 g/mol. The quantitative estimate of drug-likeness (QED) is 0.652. The highest BCUT2D eigenvalue weighted by Crippen LogP contribution is 2.29. The minimum atomic E-state index is -0.587. The molecule has 2 heterocycles. The van der Waals surface area contributed by atoms with Crippen molar-refractivity contribution in [3.8, 4) is 0 Å². The van der Waals surface area contributed by atoms with Crippen molar-refractivity contribution in [2.75, 3.05) is 12.4 Å². The second-order valence-electron chi connectivity index (χ2n) is 7.36. The minimum absolute atomic E-state index is 0.137. The van der Waals surface area contributed by atoms with Crippen LogP contribution in [0.1, 0.15) is 39.9 Å². The Kier molecular flexibility index (Phi) is 5.31. The first kappa shape index (κ1) is 19.1. The van der Waals surface area contributed by atoms with Gasteiger partial charge in [-0.25, -0.2) is 0 Å². The number of piperidine rings is 1. The molecule has 2 aliphatic rings. The van der Waals surface area contributed by atoms with E-state index in [1.807, 2.05) is 43.4 Å². The number of para-hydroxylation sites is 1. The van der Waals surface area contributed by atoms with Crippen molar-refractivity contribution in [3.63, 3.8) is 0 Å². The SMILES string of the molecule is CNc1ccccc1CNCc1cccc2c1C(=O)N(C1CCC(=O)NC1=O)C2. The Morgan fingerprint density at radius 1 is 1.03 bits per heavy atom. The first-order chi connectivity index (χ1) is 14.1. The maximum absolute atomic E-state index is 13.1. The molecular weight excluding hydrogens is 368 g/mol. The molecule has 0 aromatic heterocycles. The van der Waals surface area contributed by atoms with Crippen molar-refractivity contribution in [1.82, 2.24) is 15.5 Å². The van der Waals surface area contributed by atoms with E-state index in [1.54, 1.807) is 4.90 Å². The van der Waals surface area contributed by atoms with Crippen molar-refractivity contribution in [1.29, 1.82) is 0 Å². The molecule has 1 fully saturated rings. The molecule has 3 N–H and O–H groups in total. The van der Waals surface area contributed by atoms with Gasteiger partial charge in [0.25, 0.3) is 5.91 Å². The first-order valence-corrected chi connectivity index (χ1v) is 9.80. The van der Waals surface area contributed by atoms with Gasteiger partial charge >= 0.3 is 0 Å². The lowest BCUT2D eigenvalue weighted by atomic mass is 10.0. The fourth-order valence-corrected chi connectivity index (χ4v) is 4.09. The van der Waals surface area contributed by atoms with Gasteiger partial charge in [0, 0.05) is 44.4 Å². The highest BCUT2D eigenvalue weighted by molar-refractivity contribution is 6.05. The number of carbonyl (C=O) groups is 3. The summed E-state index contributed by atoms with van der Waals surface area (Å²) in [6, 6.07) is 13.3. The molecule has 1 saturated heterocycles. The molecule has 29 heavy (non-hydrogen) atoms. The van der Waals surface area contributed by atoms with E-state index in [9.17, 15) is 14.4 Å². The van der Waals surface area contributed by atoms with E-state index in [2.05, 4.69) is 22.0 Å². The summed E-state index contributed by atoms with van der Waals surface area (Å²) < 4.78 is 0. The third-order valence-corrected chi connectivity index (χ3v) is 5.56. The Labute approximate surface area is 169 Å². The summed E-state index contributed by atoms with van der Waals surface area (Å²) in [4.78, 5) is 38.3. The monoisotopic (exact) mass is 392 g/mol. The molecule has 0 radical (unpaired) electrons. The Morgan fingerprint density at radius 2 is 1.79 bits per heavy atom. The van der Waals surface area contributed by atoms with Gasteiger partial charge in [0.1, 0.15) is 6.04 Å². The summed E-state index contributed by atoms with van der Waals surface area (Å²) in [7, 11) is 1.89. The second-order valence-corrected chi connectivity index (χ2v) is 7.36. The van der Waals surface area contributed by atoms with Crippen molar-refractivity contribution in [2.24, 2.45) is 0 Å². The Morgan fingerprint density at radius 3 is 2.59 bits per heavy atom. The van der Waals surface area contributed by atoms with Crippen molar-refractivity contribution in [3.05, 3.63) is 64.7 Å². The maximum Gasteiger partial charge on any atom is 0.255 e. The summed E-state index contributed by atoms with van der Waals surface area (Å²) >= 11 is 0. The van der Waals surface area contributed by atoms with E-state index in [0.717, 1.165) is 22.4 Å². The molecule has 3 amide bonds. The summed E-state index contributed by atoms with van der Waals surface area (Å²) in [6.45, 7) is 1.62. The molecule has 0 saturated carbocycles. The van der Waals surface area contributed by atoms with Crippen molar-refractivity contribution >= 4 is 23.4 Å². The third-order valence-electron chi connectivity index (χ3n) is 5.56. The van der Waals surface area contributed by atoms with Gasteiger partial charge in [-0.15, -0.1) is 0 Å². The number of carbonyl (C=O) groups excluding carboxylic acids is 3. The Hall–Kier alpha value is -3.19. The Bertz CT molecular complexity index is 972. The number of anilines is 1. The van der Waals surface area contributed by atoms with E-state index >= 15 is 0 Å². The smallest absolute Gasteiger partial charge is 0.255 e. The van der Waals surface area contributed by atoms with Gasteiger partial charge in [0.05, 0.1) is 0 Å². The van der Waals surface area contributed by atoms with Gasteiger partial charge in [0.2, 0.25) is 11.8 Å².